The summed E-state index contributed by atoms with van der Waals surface area (Å²) in [7, 11) is 1.23. The number of likely N-dealkylation sites (tertiary alicyclic amines) is 1. The second-order valence-corrected chi connectivity index (χ2v) is 7.47. The van der Waals surface area contributed by atoms with Gasteiger partial charge in [-0.1, -0.05) is 18.2 Å². The van der Waals surface area contributed by atoms with Crippen molar-refractivity contribution in [2.24, 2.45) is 0 Å². The second-order valence-electron chi connectivity index (χ2n) is 7.47. The lowest BCUT2D eigenvalue weighted by atomic mass is 9.91. The van der Waals surface area contributed by atoms with E-state index in [2.05, 4.69) is 15.4 Å². The van der Waals surface area contributed by atoms with Crippen LogP contribution in [0.25, 0.3) is 10.9 Å². The molecule has 3 rings (SSSR count). The molecule has 0 saturated carbocycles. The summed E-state index contributed by atoms with van der Waals surface area (Å²) < 4.78 is 6.09. The lowest BCUT2D eigenvalue weighted by Gasteiger charge is -2.30. The first kappa shape index (κ1) is 22.3. The zero-order valence-electron chi connectivity index (χ0n) is 17.7. The fourth-order valence-corrected chi connectivity index (χ4v) is 3.72. The maximum Gasteiger partial charge on any atom is 0.325 e. The molecule has 3 amide bonds. The van der Waals surface area contributed by atoms with Crippen LogP contribution in [0.15, 0.2) is 24.3 Å². The van der Waals surface area contributed by atoms with Crippen molar-refractivity contribution in [2.75, 3.05) is 33.3 Å². The van der Waals surface area contributed by atoms with Crippen molar-refractivity contribution in [3.8, 4) is 0 Å². The predicted molar refractivity (Wildman–Crippen MR) is 112 cm³/mol. The molecule has 166 valence electrons. The topological polar surface area (TPSA) is 123 Å². The van der Waals surface area contributed by atoms with Crippen LogP contribution >= 0.6 is 0 Å². The first-order valence-corrected chi connectivity index (χ1v) is 10.2. The largest absolute Gasteiger partial charge is 0.468 e. The van der Waals surface area contributed by atoms with Crippen LogP contribution < -0.4 is 10.6 Å². The number of fused-ring (bicyclic) bond motifs is 1. The Morgan fingerprint density at radius 2 is 1.74 bits per heavy atom. The molecule has 0 unspecified atom stereocenters. The lowest BCUT2D eigenvalue weighted by Crippen LogP contribution is -2.40. The van der Waals surface area contributed by atoms with Crippen LogP contribution in [0, 0.1) is 0 Å². The third-order valence-corrected chi connectivity index (χ3v) is 5.41. The highest BCUT2D eigenvalue weighted by atomic mass is 16.5. The zero-order chi connectivity index (χ0) is 22.4. The minimum absolute atomic E-state index is 0.0307. The Morgan fingerprint density at radius 1 is 1.06 bits per heavy atom. The van der Waals surface area contributed by atoms with Crippen molar-refractivity contribution in [2.45, 2.75) is 32.2 Å². The molecule has 10 nitrogen and oxygen atoms in total. The quantitative estimate of drug-likeness (QED) is 0.605. The van der Waals surface area contributed by atoms with E-state index in [1.807, 2.05) is 29.2 Å². The van der Waals surface area contributed by atoms with Crippen molar-refractivity contribution in [3.05, 3.63) is 30.0 Å². The Bertz CT molecular complexity index is 978. The number of carbonyl (C=O) groups is 4. The fraction of sp³-hybridized carbons (Fsp3) is 0.476. The standard InChI is InChI=1S/C21H27N5O5/c1-14(27)25-9-7-15(8-10-25)21-16-5-3-4-6-17(16)26(24-21)13-19(29)22-11-18(28)23-12-20(30)31-2/h3-6,15H,7-13H2,1-2H3,(H,22,29)(H,23,28). The minimum atomic E-state index is -0.565. The Morgan fingerprint density at radius 3 is 2.42 bits per heavy atom. The van der Waals surface area contributed by atoms with Crippen LogP contribution in [0.3, 0.4) is 0 Å². The van der Waals surface area contributed by atoms with Crippen molar-refractivity contribution in [1.29, 1.82) is 0 Å². The van der Waals surface area contributed by atoms with E-state index in [0.29, 0.717) is 13.1 Å². The van der Waals surface area contributed by atoms with Crippen molar-refractivity contribution < 1.29 is 23.9 Å². The SMILES string of the molecule is COC(=O)CNC(=O)CNC(=O)Cn1nc(C2CCN(C(C)=O)CC2)c2ccccc21. The summed E-state index contributed by atoms with van der Waals surface area (Å²) in [6.07, 6.45) is 1.65. The van der Waals surface area contributed by atoms with Crippen molar-refractivity contribution in [1.82, 2.24) is 25.3 Å². The number of rotatable bonds is 7. The molecule has 2 aromatic rings. The van der Waals surface area contributed by atoms with E-state index in [1.54, 1.807) is 11.6 Å². The van der Waals surface area contributed by atoms with Crippen LogP contribution in [-0.4, -0.2) is 71.7 Å². The monoisotopic (exact) mass is 429 g/mol. The van der Waals surface area contributed by atoms with Crippen LogP contribution in [0.5, 0.6) is 0 Å². The summed E-state index contributed by atoms with van der Waals surface area (Å²) in [6.45, 7) is 2.45. The van der Waals surface area contributed by atoms with Crippen LogP contribution in [0.4, 0.5) is 0 Å². The number of piperidine rings is 1. The van der Waals surface area contributed by atoms with Gasteiger partial charge in [0.15, 0.2) is 0 Å². The van der Waals surface area contributed by atoms with Gasteiger partial charge in [-0.15, -0.1) is 0 Å². The molecule has 1 aliphatic rings. The highest BCUT2D eigenvalue weighted by Gasteiger charge is 2.26. The highest BCUT2D eigenvalue weighted by molar-refractivity contribution is 5.88. The molecule has 1 aromatic carbocycles. The predicted octanol–water partition coefficient (Wildman–Crippen LogP) is 0.168. The number of aromatic nitrogens is 2. The number of esters is 1. The number of methoxy groups -OCH3 is 1. The molecular formula is C21H27N5O5. The number of ether oxygens (including phenoxy) is 1. The summed E-state index contributed by atoms with van der Waals surface area (Å²) in [4.78, 5) is 48.6. The van der Waals surface area contributed by atoms with Gasteiger partial charge in [0.1, 0.15) is 13.1 Å². The number of benzene rings is 1. The maximum atomic E-state index is 12.4. The molecule has 0 aliphatic carbocycles. The molecule has 1 saturated heterocycles. The fourth-order valence-electron chi connectivity index (χ4n) is 3.72. The molecule has 10 heteroatoms. The van der Waals surface area contributed by atoms with Gasteiger partial charge in [-0.3, -0.25) is 23.9 Å². The van der Waals surface area contributed by atoms with Crippen molar-refractivity contribution >= 4 is 34.6 Å². The van der Waals surface area contributed by atoms with E-state index in [4.69, 9.17) is 5.10 Å². The number of hydrogen-bond donors (Lipinski definition) is 2. The van der Waals surface area contributed by atoms with E-state index in [0.717, 1.165) is 29.4 Å². The van der Waals surface area contributed by atoms with E-state index in [-0.39, 0.29) is 37.4 Å². The van der Waals surface area contributed by atoms with Gasteiger partial charge in [0.05, 0.1) is 24.9 Å². The molecule has 2 N–H and O–H groups in total. The first-order valence-electron chi connectivity index (χ1n) is 10.2. The number of hydrogen-bond acceptors (Lipinski definition) is 6. The molecular weight excluding hydrogens is 402 g/mol. The molecule has 1 aromatic heterocycles. The third-order valence-electron chi connectivity index (χ3n) is 5.41. The van der Waals surface area contributed by atoms with Crippen molar-refractivity contribution in [3.63, 3.8) is 0 Å². The van der Waals surface area contributed by atoms with E-state index < -0.39 is 11.9 Å². The maximum absolute atomic E-state index is 12.4. The molecule has 1 fully saturated rings. The molecule has 2 heterocycles. The van der Waals surface area contributed by atoms with E-state index in [9.17, 15) is 19.2 Å². The average molecular weight is 429 g/mol. The summed E-state index contributed by atoms with van der Waals surface area (Å²) in [5.41, 5.74) is 1.78. The Hall–Kier alpha value is -3.43. The van der Waals surface area contributed by atoms with Gasteiger partial charge < -0.3 is 20.3 Å². The molecule has 0 bridgehead atoms. The third kappa shape index (κ3) is 5.59. The highest BCUT2D eigenvalue weighted by Crippen LogP contribution is 2.32. The summed E-state index contributed by atoms with van der Waals surface area (Å²) >= 11 is 0. The second kappa shape index (κ2) is 10.1. The smallest absolute Gasteiger partial charge is 0.325 e. The first-order chi connectivity index (χ1) is 14.9. The van der Waals surface area contributed by atoms with Gasteiger partial charge in [-0.2, -0.15) is 5.10 Å². The molecule has 0 spiro atoms. The number of amides is 3. The van der Waals surface area contributed by atoms with Gasteiger partial charge >= 0.3 is 5.97 Å². The molecule has 31 heavy (non-hydrogen) atoms. The number of para-hydroxylation sites is 1. The Kier molecular flexibility index (Phi) is 7.22. The molecule has 0 atom stereocenters. The van der Waals surface area contributed by atoms with Gasteiger partial charge in [-0.25, -0.2) is 0 Å². The number of carbonyl (C=O) groups excluding carboxylic acids is 4. The Labute approximate surface area is 179 Å². The van der Waals surface area contributed by atoms with Gasteiger partial charge in [0.25, 0.3) is 0 Å². The zero-order valence-corrected chi connectivity index (χ0v) is 17.7. The van der Waals surface area contributed by atoms with Crippen LogP contribution in [0.1, 0.15) is 31.4 Å². The van der Waals surface area contributed by atoms with E-state index in [1.165, 1.54) is 7.11 Å². The lowest BCUT2D eigenvalue weighted by molar-refractivity contribution is -0.141. The van der Waals surface area contributed by atoms with E-state index >= 15 is 0 Å². The Balaban J connectivity index is 1.64. The summed E-state index contributed by atoms with van der Waals surface area (Å²) in [5.74, 6) is -1.11. The van der Waals surface area contributed by atoms with Crippen LogP contribution in [0.2, 0.25) is 0 Å². The normalized spacial score (nSPS) is 14.3. The molecule has 0 radical (unpaired) electrons. The number of nitrogens with one attached hydrogen (secondary N) is 2. The summed E-state index contributed by atoms with van der Waals surface area (Å²) in [5, 5.41) is 10.6. The van der Waals surface area contributed by atoms with Gasteiger partial charge in [0, 0.05) is 31.3 Å². The molecule has 1 aliphatic heterocycles. The van der Waals surface area contributed by atoms with Gasteiger partial charge in [-0.05, 0) is 18.9 Å². The van der Waals surface area contributed by atoms with Gasteiger partial charge in [0.2, 0.25) is 17.7 Å². The average Bonchev–Trinajstić information content (AvgIpc) is 3.14. The minimum Gasteiger partial charge on any atom is -0.468 e. The van der Waals surface area contributed by atoms with Crippen LogP contribution in [-0.2, 0) is 30.5 Å². The summed E-state index contributed by atoms with van der Waals surface area (Å²) in [6, 6.07) is 7.73. The number of nitrogens with zero attached hydrogens (tertiary/aromatic N) is 3.